The largest absolute Gasteiger partial charge is 0.416 e. The Morgan fingerprint density at radius 1 is 1.36 bits per heavy atom. The lowest BCUT2D eigenvalue weighted by molar-refractivity contribution is -0.137. The molecule has 2 rings (SSSR count). The zero-order chi connectivity index (χ0) is 16.3. The fourth-order valence-corrected chi connectivity index (χ4v) is 2.60. The van der Waals surface area contributed by atoms with Gasteiger partial charge in [-0.25, -0.2) is 4.79 Å². The van der Waals surface area contributed by atoms with E-state index in [1.807, 2.05) is 6.92 Å². The van der Waals surface area contributed by atoms with E-state index in [1.165, 1.54) is 12.1 Å². The van der Waals surface area contributed by atoms with Crippen LogP contribution >= 0.6 is 0 Å². The number of urea groups is 1. The number of nitrogens with zero attached hydrogens (tertiary/aromatic N) is 1. The molecule has 1 aliphatic heterocycles. The van der Waals surface area contributed by atoms with E-state index in [0.29, 0.717) is 19.0 Å². The lowest BCUT2D eigenvalue weighted by Gasteiger charge is -2.33. The van der Waals surface area contributed by atoms with Crippen molar-refractivity contribution in [1.29, 1.82) is 0 Å². The number of carbonyl (C=O) groups is 1. The number of nitrogens with one attached hydrogen (secondary N) is 1. The Balaban J connectivity index is 1.96. The van der Waals surface area contributed by atoms with Gasteiger partial charge < -0.3 is 16.0 Å². The van der Waals surface area contributed by atoms with Gasteiger partial charge in [0.25, 0.3) is 0 Å². The van der Waals surface area contributed by atoms with Crippen LogP contribution in [-0.4, -0.2) is 30.1 Å². The molecule has 0 aromatic heterocycles. The summed E-state index contributed by atoms with van der Waals surface area (Å²) >= 11 is 0. The van der Waals surface area contributed by atoms with Gasteiger partial charge in [-0.1, -0.05) is 6.07 Å². The van der Waals surface area contributed by atoms with Gasteiger partial charge in [0.05, 0.1) is 5.56 Å². The Bertz CT molecular complexity index is 523. The van der Waals surface area contributed by atoms with E-state index in [1.54, 1.807) is 4.90 Å². The monoisotopic (exact) mass is 315 g/mol. The topological polar surface area (TPSA) is 58.4 Å². The number of alkyl halides is 3. The van der Waals surface area contributed by atoms with Crippen LogP contribution in [-0.2, 0) is 6.18 Å². The molecule has 122 valence electrons. The zero-order valence-corrected chi connectivity index (χ0v) is 12.4. The zero-order valence-electron chi connectivity index (χ0n) is 12.4. The second-order valence-corrected chi connectivity index (χ2v) is 5.69. The lowest BCUT2D eigenvalue weighted by Crippen LogP contribution is -2.44. The molecule has 22 heavy (non-hydrogen) atoms. The average Bonchev–Trinajstić information content (AvgIpc) is 2.46. The summed E-state index contributed by atoms with van der Waals surface area (Å²) in [6.07, 6.45) is -2.79. The van der Waals surface area contributed by atoms with Crippen LogP contribution in [0, 0.1) is 5.92 Å². The van der Waals surface area contributed by atoms with E-state index < -0.39 is 11.7 Å². The van der Waals surface area contributed by atoms with Gasteiger partial charge in [-0.15, -0.1) is 0 Å². The van der Waals surface area contributed by atoms with Crippen molar-refractivity contribution in [3.8, 4) is 0 Å². The standard InChI is InChI=1S/C15H20F3N3O/c1-10(19)11-5-7-21(8-6-11)14(22)20-13-4-2-3-12(9-13)15(16,17)18/h2-4,9-11H,5-8,19H2,1H3,(H,20,22). The van der Waals surface area contributed by atoms with Crippen molar-refractivity contribution in [3.05, 3.63) is 29.8 Å². The van der Waals surface area contributed by atoms with Crippen LogP contribution in [0.4, 0.5) is 23.7 Å². The number of amides is 2. The summed E-state index contributed by atoms with van der Waals surface area (Å²) in [5.74, 6) is 0.387. The van der Waals surface area contributed by atoms with Crippen molar-refractivity contribution in [2.75, 3.05) is 18.4 Å². The van der Waals surface area contributed by atoms with E-state index in [4.69, 9.17) is 5.73 Å². The van der Waals surface area contributed by atoms with Crippen LogP contribution in [0.5, 0.6) is 0 Å². The first-order valence-electron chi connectivity index (χ1n) is 7.26. The third-order valence-corrected chi connectivity index (χ3v) is 4.01. The highest BCUT2D eigenvalue weighted by atomic mass is 19.4. The number of hydrogen-bond donors (Lipinski definition) is 2. The molecule has 0 bridgehead atoms. The molecule has 0 aliphatic carbocycles. The summed E-state index contributed by atoms with van der Waals surface area (Å²) in [7, 11) is 0. The van der Waals surface area contributed by atoms with Gasteiger partial charge in [0.15, 0.2) is 0 Å². The van der Waals surface area contributed by atoms with E-state index in [9.17, 15) is 18.0 Å². The van der Waals surface area contributed by atoms with Gasteiger partial charge in [0.2, 0.25) is 0 Å². The van der Waals surface area contributed by atoms with E-state index in [0.717, 1.165) is 25.0 Å². The van der Waals surface area contributed by atoms with Crippen molar-refractivity contribution in [1.82, 2.24) is 4.90 Å². The maximum atomic E-state index is 12.6. The molecule has 0 saturated carbocycles. The first kappa shape index (κ1) is 16.6. The fraction of sp³-hybridized carbons (Fsp3) is 0.533. The molecule has 4 nitrogen and oxygen atoms in total. The molecule has 1 saturated heterocycles. The molecular weight excluding hydrogens is 295 g/mol. The highest BCUT2D eigenvalue weighted by Crippen LogP contribution is 2.30. The van der Waals surface area contributed by atoms with Gasteiger partial charge in [0.1, 0.15) is 0 Å². The molecule has 1 fully saturated rings. The summed E-state index contributed by atoms with van der Waals surface area (Å²) in [5.41, 5.74) is 5.21. The third kappa shape index (κ3) is 4.13. The van der Waals surface area contributed by atoms with Crippen LogP contribution < -0.4 is 11.1 Å². The number of nitrogens with two attached hydrogens (primary N) is 1. The molecule has 1 aromatic rings. The second-order valence-electron chi connectivity index (χ2n) is 5.69. The van der Waals surface area contributed by atoms with Crippen molar-refractivity contribution < 1.29 is 18.0 Å². The number of piperidine rings is 1. The summed E-state index contributed by atoms with van der Waals surface area (Å²) < 4.78 is 37.9. The lowest BCUT2D eigenvalue weighted by atomic mass is 9.91. The second kappa shape index (κ2) is 6.56. The van der Waals surface area contributed by atoms with Gasteiger partial charge in [-0.05, 0) is 43.9 Å². The number of rotatable bonds is 2. The predicted octanol–water partition coefficient (Wildman–Crippen LogP) is 3.30. The molecular formula is C15H20F3N3O. The molecule has 1 atom stereocenters. The van der Waals surface area contributed by atoms with Crippen molar-refractivity contribution in [2.24, 2.45) is 11.7 Å². The van der Waals surface area contributed by atoms with Gasteiger partial charge >= 0.3 is 12.2 Å². The summed E-state index contributed by atoms with van der Waals surface area (Å²) in [6.45, 7) is 3.08. The van der Waals surface area contributed by atoms with E-state index >= 15 is 0 Å². The number of halogens is 3. The minimum absolute atomic E-state index is 0.0914. The van der Waals surface area contributed by atoms with Crippen LogP contribution in [0.3, 0.4) is 0 Å². The minimum atomic E-state index is -4.42. The van der Waals surface area contributed by atoms with Gasteiger partial charge in [-0.3, -0.25) is 0 Å². The van der Waals surface area contributed by atoms with Crippen molar-refractivity contribution >= 4 is 11.7 Å². The van der Waals surface area contributed by atoms with Crippen molar-refractivity contribution in [3.63, 3.8) is 0 Å². The normalized spacial score (nSPS) is 18.1. The Morgan fingerprint density at radius 2 is 2.00 bits per heavy atom. The molecule has 7 heteroatoms. The van der Waals surface area contributed by atoms with E-state index in [2.05, 4.69) is 5.32 Å². The van der Waals surface area contributed by atoms with E-state index in [-0.39, 0.29) is 17.8 Å². The summed E-state index contributed by atoms with van der Waals surface area (Å²) in [4.78, 5) is 13.7. The van der Waals surface area contributed by atoms with Crippen LogP contribution in [0.25, 0.3) is 0 Å². The third-order valence-electron chi connectivity index (χ3n) is 4.01. The Kier molecular flexibility index (Phi) is 4.95. The van der Waals surface area contributed by atoms with Gasteiger partial charge in [0, 0.05) is 24.8 Å². The number of carbonyl (C=O) groups excluding carboxylic acids is 1. The number of anilines is 1. The molecule has 1 heterocycles. The average molecular weight is 315 g/mol. The van der Waals surface area contributed by atoms with Crippen molar-refractivity contribution in [2.45, 2.75) is 32.0 Å². The Morgan fingerprint density at radius 3 is 2.55 bits per heavy atom. The molecule has 3 N–H and O–H groups in total. The molecule has 2 amide bonds. The molecule has 1 aromatic carbocycles. The molecule has 0 radical (unpaired) electrons. The molecule has 0 spiro atoms. The molecule has 1 aliphatic rings. The van der Waals surface area contributed by atoms with Gasteiger partial charge in [-0.2, -0.15) is 13.2 Å². The maximum Gasteiger partial charge on any atom is 0.416 e. The first-order chi connectivity index (χ1) is 10.3. The Hall–Kier alpha value is -1.76. The summed E-state index contributed by atoms with van der Waals surface area (Å²) in [5, 5.41) is 2.52. The number of hydrogen-bond acceptors (Lipinski definition) is 2. The highest BCUT2D eigenvalue weighted by molar-refractivity contribution is 5.89. The Labute approximate surface area is 127 Å². The minimum Gasteiger partial charge on any atom is -0.328 e. The quantitative estimate of drug-likeness (QED) is 0.880. The SMILES string of the molecule is CC(N)C1CCN(C(=O)Nc2cccc(C(F)(F)F)c2)CC1. The smallest absolute Gasteiger partial charge is 0.328 e. The highest BCUT2D eigenvalue weighted by Gasteiger charge is 2.31. The maximum absolute atomic E-state index is 12.6. The van der Waals surface area contributed by atoms with Crippen LogP contribution in [0.15, 0.2) is 24.3 Å². The predicted molar refractivity (Wildman–Crippen MR) is 78.4 cm³/mol. The molecule has 1 unspecified atom stereocenters. The van der Waals surface area contributed by atoms with Crippen LogP contribution in [0.1, 0.15) is 25.3 Å². The van der Waals surface area contributed by atoms with Crippen LogP contribution in [0.2, 0.25) is 0 Å². The number of benzene rings is 1. The summed E-state index contributed by atoms with van der Waals surface area (Å²) in [6, 6.07) is 4.36. The fourth-order valence-electron chi connectivity index (χ4n) is 2.60. The first-order valence-corrected chi connectivity index (χ1v) is 7.26. The number of likely N-dealkylation sites (tertiary alicyclic amines) is 1.